The minimum Gasteiger partial charge on any atom is -0.455 e. The molecule has 116 valence electrons. The first-order valence-corrected chi connectivity index (χ1v) is 7.94. The zero-order chi connectivity index (χ0) is 15.1. The van der Waals surface area contributed by atoms with E-state index in [1.807, 2.05) is 6.92 Å². The predicted octanol–water partition coefficient (Wildman–Crippen LogP) is 2.91. The van der Waals surface area contributed by atoms with Gasteiger partial charge >= 0.3 is 11.9 Å². The zero-order valence-corrected chi connectivity index (χ0v) is 13.3. The third-order valence-corrected chi connectivity index (χ3v) is 4.22. The molecule has 0 aliphatic heterocycles. The second-order valence-electron chi connectivity index (χ2n) is 6.38. The number of carbonyl (C=O) groups is 2. The molecule has 1 rings (SSSR count). The Balaban J connectivity index is 2.50. The summed E-state index contributed by atoms with van der Waals surface area (Å²) in [5.74, 6) is 0.0954. The fraction of sp³-hybridized carbons (Fsp3) is 0.875. The van der Waals surface area contributed by atoms with Crippen LogP contribution in [0.15, 0.2) is 0 Å². The van der Waals surface area contributed by atoms with Crippen molar-refractivity contribution in [3.8, 4) is 0 Å². The van der Waals surface area contributed by atoms with Crippen LogP contribution < -0.4 is 5.32 Å². The first-order valence-electron chi connectivity index (χ1n) is 7.94. The van der Waals surface area contributed by atoms with Gasteiger partial charge in [-0.25, -0.2) is 4.79 Å². The van der Waals surface area contributed by atoms with Crippen molar-refractivity contribution in [3.63, 3.8) is 0 Å². The van der Waals surface area contributed by atoms with Gasteiger partial charge in [0.1, 0.15) is 6.10 Å². The van der Waals surface area contributed by atoms with Gasteiger partial charge in [0, 0.05) is 6.54 Å². The average molecular weight is 283 g/mol. The van der Waals surface area contributed by atoms with E-state index in [0.717, 1.165) is 25.7 Å². The van der Waals surface area contributed by atoms with Gasteiger partial charge in [-0.05, 0) is 37.0 Å². The molecule has 1 fully saturated rings. The van der Waals surface area contributed by atoms with E-state index < -0.39 is 11.9 Å². The Morgan fingerprint density at radius 3 is 2.60 bits per heavy atom. The highest BCUT2D eigenvalue weighted by Crippen LogP contribution is 2.35. The molecule has 0 spiro atoms. The van der Waals surface area contributed by atoms with E-state index in [9.17, 15) is 9.59 Å². The lowest BCUT2D eigenvalue weighted by molar-refractivity contribution is -0.164. The SMILES string of the molecule is CCCCNC(=O)C(=O)OC1CC(C)CCC1C(C)C. The Morgan fingerprint density at radius 1 is 1.30 bits per heavy atom. The molecule has 4 nitrogen and oxygen atoms in total. The lowest BCUT2D eigenvalue weighted by atomic mass is 9.75. The third kappa shape index (κ3) is 5.14. The maximum absolute atomic E-state index is 11.8. The molecular formula is C16H29NO3. The molecule has 20 heavy (non-hydrogen) atoms. The number of nitrogens with one attached hydrogen (secondary N) is 1. The van der Waals surface area contributed by atoms with Crippen molar-refractivity contribution in [2.45, 2.75) is 65.9 Å². The van der Waals surface area contributed by atoms with Crippen molar-refractivity contribution in [1.29, 1.82) is 0 Å². The molecule has 0 aromatic carbocycles. The molecule has 0 aromatic rings. The molecule has 1 aliphatic rings. The van der Waals surface area contributed by atoms with E-state index in [-0.39, 0.29) is 6.10 Å². The van der Waals surface area contributed by atoms with Gasteiger partial charge in [-0.1, -0.05) is 40.5 Å². The highest BCUT2D eigenvalue weighted by molar-refractivity contribution is 6.32. The van der Waals surface area contributed by atoms with Crippen molar-refractivity contribution < 1.29 is 14.3 Å². The van der Waals surface area contributed by atoms with Crippen molar-refractivity contribution in [1.82, 2.24) is 5.32 Å². The van der Waals surface area contributed by atoms with Crippen LogP contribution in [0.25, 0.3) is 0 Å². The van der Waals surface area contributed by atoms with E-state index in [2.05, 4.69) is 26.1 Å². The molecule has 1 saturated carbocycles. The lowest BCUT2D eigenvalue weighted by Crippen LogP contribution is -2.40. The molecule has 3 unspecified atom stereocenters. The van der Waals surface area contributed by atoms with Crippen LogP contribution in [0.3, 0.4) is 0 Å². The summed E-state index contributed by atoms with van der Waals surface area (Å²) < 4.78 is 5.48. The van der Waals surface area contributed by atoms with Crippen molar-refractivity contribution >= 4 is 11.9 Å². The van der Waals surface area contributed by atoms with Gasteiger partial charge in [-0.15, -0.1) is 0 Å². The molecule has 1 amide bonds. The highest BCUT2D eigenvalue weighted by Gasteiger charge is 2.34. The maximum Gasteiger partial charge on any atom is 0.397 e. The smallest absolute Gasteiger partial charge is 0.397 e. The largest absolute Gasteiger partial charge is 0.455 e. The molecule has 3 atom stereocenters. The molecule has 0 radical (unpaired) electrons. The van der Waals surface area contributed by atoms with Crippen molar-refractivity contribution in [2.75, 3.05) is 6.54 Å². The van der Waals surface area contributed by atoms with Gasteiger partial charge in [-0.3, -0.25) is 4.79 Å². The molecule has 0 heterocycles. The van der Waals surface area contributed by atoms with Crippen molar-refractivity contribution in [3.05, 3.63) is 0 Å². The summed E-state index contributed by atoms with van der Waals surface area (Å²) in [6, 6.07) is 0. The van der Waals surface area contributed by atoms with E-state index in [1.54, 1.807) is 0 Å². The fourth-order valence-electron chi connectivity index (χ4n) is 2.89. The van der Waals surface area contributed by atoms with Crippen LogP contribution in [0.2, 0.25) is 0 Å². The van der Waals surface area contributed by atoms with Crippen LogP contribution in [-0.2, 0) is 14.3 Å². The molecule has 1 aliphatic carbocycles. The second kappa shape index (κ2) is 8.28. The quantitative estimate of drug-likeness (QED) is 0.479. The second-order valence-corrected chi connectivity index (χ2v) is 6.38. The first-order chi connectivity index (χ1) is 9.45. The number of hydrogen-bond acceptors (Lipinski definition) is 3. The first kappa shape index (κ1) is 17.0. The van der Waals surface area contributed by atoms with Gasteiger partial charge in [0.2, 0.25) is 0 Å². The normalized spacial score (nSPS) is 26.4. The number of carbonyl (C=O) groups excluding carboxylic acids is 2. The Kier molecular flexibility index (Phi) is 7.03. The maximum atomic E-state index is 11.8. The third-order valence-electron chi connectivity index (χ3n) is 4.22. The molecule has 4 heteroatoms. The van der Waals surface area contributed by atoms with Gasteiger partial charge in [-0.2, -0.15) is 0 Å². The summed E-state index contributed by atoms with van der Waals surface area (Å²) in [6.07, 6.45) is 4.90. The van der Waals surface area contributed by atoms with Crippen LogP contribution >= 0.6 is 0 Å². The fourth-order valence-corrected chi connectivity index (χ4v) is 2.89. The summed E-state index contributed by atoms with van der Waals surface area (Å²) in [4.78, 5) is 23.5. The Hall–Kier alpha value is -1.06. The number of unbranched alkanes of at least 4 members (excludes halogenated alkanes) is 1. The summed E-state index contributed by atoms with van der Waals surface area (Å²) in [5, 5.41) is 2.61. The van der Waals surface area contributed by atoms with E-state index >= 15 is 0 Å². The van der Waals surface area contributed by atoms with Crippen molar-refractivity contribution in [2.24, 2.45) is 17.8 Å². The van der Waals surface area contributed by atoms with E-state index in [4.69, 9.17) is 4.74 Å². The number of esters is 1. The molecule has 0 bridgehead atoms. The predicted molar refractivity (Wildman–Crippen MR) is 79.1 cm³/mol. The van der Waals surface area contributed by atoms with E-state index in [1.165, 1.54) is 6.42 Å². The minimum absolute atomic E-state index is 0.108. The number of hydrogen-bond donors (Lipinski definition) is 1. The number of amides is 1. The molecule has 0 aromatic heterocycles. The molecular weight excluding hydrogens is 254 g/mol. The summed E-state index contributed by atoms with van der Waals surface area (Å²) in [7, 11) is 0. The average Bonchev–Trinajstić information content (AvgIpc) is 2.38. The monoisotopic (exact) mass is 283 g/mol. The van der Waals surface area contributed by atoms with Crippen LogP contribution in [0, 0.1) is 17.8 Å². The van der Waals surface area contributed by atoms with Crippen LogP contribution in [0.4, 0.5) is 0 Å². The van der Waals surface area contributed by atoms with Crippen LogP contribution in [0.5, 0.6) is 0 Å². The van der Waals surface area contributed by atoms with Gasteiger partial charge in [0.15, 0.2) is 0 Å². The van der Waals surface area contributed by atoms with Crippen LogP contribution in [0.1, 0.15) is 59.8 Å². The molecule has 1 N–H and O–H groups in total. The molecule has 0 saturated heterocycles. The minimum atomic E-state index is -0.717. The topological polar surface area (TPSA) is 55.4 Å². The summed E-state index contributed by atoms with van der Waals surface area (Å²) >= 11 is 0. The van der Waals surface area contributed by atoms with Crippen LogP contribution in [-0.4, -0.2) is 24.5 Å². The highest BCUT2D eigenvalue weighted by atomic mass is 16.5. The van der Waals surface area contributed by atoms with Gasteiger partial charge < -0.3 is 10.1 Å². The number of ether oxygens (including phenoxy) is 1. The Labute approximate surface area is 122 Å². The summed E-state index contributed by atoms with van der Waals surface area (Å²) in [6.45, 7) is 9.07. The Bertz CT molecular complexity index is 328. The Morgan fingerprint density at radius 2 is 2.00 bits per heavy atom. The van der Waals surface area contributed by atoms with Gasteiger partial charge in [0.25, 0.3) is 0 Å². The zero-order valence-electron chi connectivity index (χ0n) is 13.3. The standard InChI is InChI=1S/C16H29NO3/c1-5-6-9-17-15(18)16(19)20-14-10-12(4)7-8-13(14)11(2)3/h11-14H,5-10H2,1-4H3,(H,17,18). The number of rotatable bonds is 5. The summed E-state index contributed by atoms with van der Waals surface area (Å²) in [5.41, 5.74) is 0. The van der Waals surface area contributed by atoms with Gasteiger partial charge in [0.05, 0.1) is 0 Å². The van der Waals surface area contributed by atoms with E-state index in [0.29, 0.717) is 24.3 Å². The lowest BCUT2D eigenvalue weighted by Gasteiger charge is -2.36.